The first-order valence-electron chi connectivity index (χ1n) is 8.01. The van der Waals surface area contributed by atoms with Crippen molar-refractivity contribution in [1.82, 2.24) is 9.55 Å². The Morgan fingerprint density at radius 1 is 1.27 bits per heavy atom. The average Bonchev–Trinajstić information content (AvgIpc) is 2.64. The highest BCUT2D eigenvalue weighted by atomic mass is 16.6. The maximum Gasteiger partial charge on any atom is 0.271 e. The molecule has 0 aliphatic heterocycles. The minimum absolute atomic E-state index is 0.143. The number of non-ortho nitro benzene ring substituents is 1. The number of nitrogens with one attached hydrogen (secondary N) is 1. The lowest BCUT2D eigenvalue weighted by Gasteiger charge is -2.11. The first kappa shape index (κ1) is 17.3. The molecule has 2 aromatic carbocycles. The van der Waals surface area contributed by atoms with E-state index in [9.17, 15) is 19.7 Å². The highest BCUT2D eigenvalue weighted by Gasteiger charge is 2.12. The zero-order valence-electron chi connectivity index (χ0n) is 14.0. The first-order valence-corrected chi connectivity index (χ1v) is 8.01. The van der Waals surface area contributed by atoms with Gasteiger partial charge in [-0.05, 0) is 24.1 Å². The fourth-order valence-corrected chi connectivity index (χ4v) is 2.67. The van der Waals surface area contributed by atoms with Gasteiger partial charge in [-0.3, -0.25) is 24.3 Å². The number of carbonyl (C=O) groups is 1. The molecule has 0 bridgehead atoms. The van der Waals surface area contributed by atoms with Gasteiger partial charge in [0.2, 0.25) is 5.91 Å². The predicted molar refractivity (Wildman–Crippen MR) is 97.1 cm³/mol. The number of nitro benzene ring substituents is 1. The van der Waals surface area contributed by atoms with E-state index in [1.54, 1.807) is 6.07 Å². The number of hydrogen-bond donors (Lipinski definition) is 1. The molecule has 0 saturated heterocycles. The topological polar surface area (TPSA) is 107 Å². The number of aryl methyl sites for hydroxylation is 1. The number of amides is 1. The Balaban J connectivity index is 1.85. The number of aromatic nitrogens is 2. The molecule has 1 heterocycles. The zero-order valence-corrected chi connectivity index (χ0v) is 14.0. The third kappa shape index (κ3) is 3.44. The van der Waals surface area contributed by atoms with E-state index in [4.69, 9.17) is 0 Å². The second-order valence-electron chi connectivity index (χ2n) is 5.70. The van der Waals surface area contributed by atoms with E-state index < -0.39 is 10.5 Å². The number of nitrogens with zero attached hydrogens (tertiary/aromatic N) is 3. The summed E-state index contributed by atoms with van der Waals surface area (Å²) >= 11 is 0. The quantitative estimate of drug-likeness (QED) is 0.561. The molecule has 0 radical (unpaired) electrons. The Morgan fingerprint density at radius 3 is 2.77 bits per heavy atom. The summed E-state index contributed by atoms with van der Waals surface area (Å²) in [5.74, 6) is -0.351. The summed E-state index contributed by atoms with van der Waals surface area (Å²) in [7, 11) is 0. The summed E-state index contributed by atoms with van der Waals surface area (Å²) in [5, 5.41) is 13.8. The van der Waals surface area contributed by atoms with Crippen LogP contribution in [-0.4, -0.2) is 20.4 Å². The van der Waals surface area contributed by atoms with Crippen molar-refractivity contribution in [3.63, 3.8) is 0 Å². The molecule has 0 spiro atoms. The number of para-hydroxylation sites is 1. The smallest absolute Gasteiger partial charge is 0.271 e. The number of nitro groups is 1. The van der Waals surface area contributed by atoms with Crippen LogP contribution in [0.1, 0.15) is 12.5 Å². The molecule has 3 rings (SSSR count). The molecule has 26 heavy (non-hydrogen) atoms. The zero-order chi connectivity index (χ0) is 18.7. The molecule has 8 heteroatoms. The van der Waals surface area contributed by atoms with Crippen molar-refractivity contribution in [2.45, 2.75) is 19.9 Å². The van der Waals surface area contributed by atoms with Crippen LogP contribution >= 0.6 is 0 Å². The average molecular weight is 352 g/mol. The highest BCUT2D eigenvalue weighted by Crippen LogP contribution is 2.17. The molecule has 0 unspecified atom stereocenters. The Morgan fingerprint density at radius 2 is 2.04 bits per heavy atom. The molecule has 1 aromatic heterocycles. The summed E-state index contributed by atoms with van der Waals surface area (Å²) in [6.45, 7) is 1.79. The minimum Gasteiger partial charge on any atom is -0.324 e. The molecular formula is C18H16N4O4. The Hall–Kier alpha value is -3.55. The number of benzene rings is 2. The second-order valence-corrected chi connectivity index (χ2v) is 5.70. The first-order chi connectivity index (χ1) is 12.5. The second kappa shape index (κ2) is 7.14. The Kier molecular flexibility index (Phi) is 4.74. The molecule has 8 nitrogen and oxygen atoms in total. The number of rotatable bonds is 5. The van der Waals surface area contributed by atoms with Gasteiger partial charge < -0.3 is 5.32 Å². The van der Waals surface area contributed by atoms with Gasteiger partial charge >= 0.3 is 0 Å². The van der Waals surface area contributed by atoms with Gasteiger partial charge in [0.15, 0.2) is 0 Å². The van der Waals surface area contributed by atoms with Crippen LogP contribution in [-0.2, 0) is 17.8 Å². The van der Waals surface area contributed by atoms with E-state index in [1.165, 1.54) is 29.1 Å². The fourth-order valence-electron chi connectivity index (χ4n) is 2.67. The van der Waals surface area contributed by atoms with Crippen molar-refractivity contribution in [2.75, 3.05) is 5.32 Å². The molecule has 132 valence electrons. The van der Waals surface area contributed by atoms with E-state index in [-0.39, 0.29) is 29.0 Å². The largest absolute Gasteiger partial charge is 0.324 e. The van der Waals surface area contributed by atoms with Gasteiger partial charge in [-0.1, -0.05) is 25.1 Å². The molecule has 0 atom stereocenters. The maximum atomic E-state index is 12.5. The normalized spacial score (nSPS) is 10.7. The standard InChI is InChI=1S/C18H16N4O4/c1-2-12-5-3-4-6-15(12)20-17(23)10-21-11-19-16-9-13(22(25)26)7-8-14(16)18(21)24/h3-9,11H,2,10H2,1H3,(H,20,23). The minimum atomic E-state index is -0.550. The monoisotopic (exact) mass is 352 g/mol. The highest BCUT2D eigenvalue weighted by molar-refractivity contribution is 5.91. The summed E-state index contributed by atoms with van der Waals surface area (Å²) in [6, 6.07) is 11.3. The molecule has 1 amide bonds. The van der Waals surface area contributed by atoms with Crippen molar-refractivity contribution in [3.05, 3.63) is 74.8 Å². The molecular weight excluding hydrogens is 336 g/mol. The lowest BCUT2D eigenvalue weighted by Crippen LogP contribution is -2.28. The number of anilines is 1. The van der Waals surface area contributed by atoms with Crippen molar-refractivity contribution in [3.8, 4) is 0 Å². The van der Waals surface area contributed by atoms with Crippen LogP contribution in [0.15, 0.2) is 53.6 Å². The Labute approximate surface area is 148 Å². The van der Waals surface area contributed by atoms with Crippen molar-refractivity contribution < 1.29 is 9.72 Å². The Bertz CT molecular complexity index is 1060. The third-order valence-corrected chi connectivity index (χ3v) is 4.01. The van der Waals surface area contributed by atoms with Crippen LogP contribution in [0.3, 0.4) is 0 Å². The van der Waals surface area contributed by atoms with E-state index in [0.717, 1.165) is 12.0 Å². The van der Waals surface area contributed by atoms with E-state index in [2.05, 4.69) is 10.3 Å². The van der Waals surface area contributed by atoms with Crippen molar-refractivity contribution >= 4 is 28.2 Å². The number of carbonyl (C=O) groups excluding carboxylic acids is 1. The van der Waals surface area contributed by atoms with Gasteiger partial charge in [-0.15, -0.1) is 0 Å². The SMILES string of the molecule is CCc1ccccc1NC(=O)Cn1cnc2cc([N+](=O)[O-])ccc2c1=O. The van der Waals surface area contributed by atoms with E-state index in [1.807, 2.05) is 25.1 Å². The van der Waals surface area contributed by atoms with Gasteiger partial charge in [0.25, 0.3) is 11.2 Å². The molecule has 0 aliphatic carbocycles. The molecule has 3 aromatic rings. The van der Waals surface area contributed by atoms with Crippen molar-refractivity contribution in [1.29, 1.82) is 0 Å². The molecule has 1 N–H and O–H groups in total. The van der Waals surface area contributed by atoms with Gasteiger partial charge in [-0.25, -0.2) is 4.98 Å². The van der Waals surface area contributed by atoms with Crippen molar-refractivity contribution in [2.24, 2.45) is 0 Å². The number of fused-ring (bicyclic) bond motifs is 1. The fraction of sp³-hybridized carbons (Fsp3) is 0.167. The van der Waals surface area contributed by atoms with E-state index >= 15 is 0 Å². The van der Waals surface area contributed by atoms with E-state index in [0.29, 0.717) is 5.69 Å². The van der Waals surface area contributed by atoms with Gasteiger partial charge in [0.1, 0.15) is 6.54 Å². The van der Waals surface area contributed by atoms with Crippen LogP contribution in [0, 0.1) is 10.1 Å². The van der Waals surface area contributed by atoms with Crippen LogP contribution in [0.4, 0.5) is 11.4 Å². The van der Waals surface area contributed by atoms with Crippen LogP contribution < -0.4 is 10.9 Å². The van der Waals surface area contributed by atoms with Gasteiger partial charge in [-0.2, -0.15) is 0 Å². The molecule has 0 aliphatic rings. The third-order valence-electron chi connectivity index (χ3n) is 4.01. The summed E-state index contributed by atoms with van der Waals surface area (Å²) in [4.78, 5) is 39.1. The van der Waals surface area contributed by atoms with Crippen LogP contribution in [0.25, 0.3) is 10.9 Å². The van der Waals surface area contributed by atoms with Gasteiger partial charge in [0.05, 0.1) is 22.2 Å². The van der Waals surface area contributed by atoms with Crippen LogP contribution in [0.2, 0.25) is 0 Å². The number of hydrogen-bond acceptors (Lipinski definition) is 5. The van der Waals surface area contributed by atoms with Crippen LogP contribution in [0.5, 0.6) is 0 Å². The van der Waals surface area contributed by atoms with Gasteiger partial charge in [0, 0.05) is 17.8 Å². The molecule has 0 saturated carbocycles. The molecule has 0 fully saturated rings. The lowest BCUT2D eigenvalue weighted by molar-refractivity contribution is -0.384. The summed E-state index contributed by atoms with van der Waals surface area (Å²) < 4.78 is 1.18. The predicted octanol–water partition coefficient (Wildman–Crippen LogP) is 2.51. The maximum absolute atomic E-state index is 12.5. The summed E-state index contributed by atoms with van der Waals surface area (Å²) in [5.41, 5.74) is 1.35. The summed E-state index contributed by atoms with van der Waals surface area (Å²) in [6.07, 6.45) is 1.99. The lowest BCUT2D eigenvalue weighted by atomic mass is 10.1.